The Morgan fingerprint density at radius 2 is 2.12 bits per heavy atom. The van der Waals surface area contributed by atoms with Gasteiger partial charge in [-0.15, -0.1) is 0 Å². The molecule has 1 heterocycles. The molecule has 1 fully saturated rings. The van der Waals surface area contributed by atoms with E-state index in [1.165, 1.54) is 6.07 Å². The molecule has 6 heteroatoms. The first kappa shape index (κ1) is 18.1. The number of hydrogen-bond acceptors (Lipinski definition) is 4. The Kier molecular flexibility index (Phi) is 5.70. The van der Waals surface area contributed by atoms with Crippen molar-refractivity contribution in [2.45, 2.75) is 39.2 Å². The SMILES string of the molecule is CC(C)CC(=O)N1CCCC1CN(C)c1ccc(C(=O)O)cc1N. The molecular formula is C18H27N3O3. The molecule has 0 radical (unpaired) electrons. The van der Waals surface area contributed by atoms with Crippen molar-refractivity contribution in [3.05, 3.63) is 23.8 Å². The highest BCUT2D eigenvalue weighted by molar-refractivity contribution is 5.90. The summed E-state index contributed by atoms with van der Waals surface area (Å²) in [6.45, 7) is 5.62. The molecule has 1 unspecified atom stereocenters. The first-order valence-corrected chi connectivity index (χ1v) is 8.43. The molecule has 0 saturated carbocycles. The number of carboxylic acids is 1. The van der Waals surface area contributed by atoms with Gasteiger partial charge in [0.15, 0.2) is 0 Å². The fraction of sp³-hybridized carbons (Fsp3) is 0.556. The summed E-state index contributed by atoms with van der Waals surface area (Å²) in [5, 5.41) is 9.02. The number of likely N-dealkylation sites (tertiary alicyclic amines) is 1. The average Bonchev–Trinajstić information content (AvgIpc) is 2.94. The van der Waals surface area contributed by atoms with E-state index in [-0.39, 0.29) is 17.5 Å². The maximum absolute atomic E-state index is 12.4. The summed E-state index contributed by atoms with van der Waals surface area (Å²) in [5.41, 5.74) is 7.42. The summed E-state index contributed by atoms with van der Waals surface area (Å²) in [6.07, 6.45) is 2.59. The van der Waals surface area contributed by atoms with Crippen LogP contribution in [0.3, 0.4) is 0 Å². The predicted molar refractivity (Wildman–Crippen MR) is 95.3 cm³/mol. The van der Waals surface area contributed by atoms with Gasteiger partial charge in [0.05, 0.1) is 16.9 Å². The number of amides is 1. The van der Waals surface area contributed by atoms with Crippen molar-refractivity contribution in [1.82, 2.24) is 4.90 Å². The number of carbonyl (C=O) groups is 2. The normalized spacial score (nSPS) is 17.3. The average molecular weight is 333 g/mol. The number of carboxylic acid groups (broad SMARTS) is 1. The van der Waals surface area contributed by atoms with Crippen molar-refractivity contribution in [1.29, 1.82) is 0 Å². The maximum Gasteiger partial charge on any atom is 0.335 e. The predicted octanol–water partition coefficient (Wildman–Crippen LogP) is 2.44. The van der Waals surface area contributed by atoms with Crippen molar-refractivity contribution < 1.29 is 14.7 Å². The van der Waals surface area contributed by atoms with E-state index in [1.807, 2.05) is 16.8 Å². The van der Waals surface area contributed by atoms with Crippen molar-refractivity contribution in [2.24, 2.45) is 5.92 Å². The third-order valence-electron chi connectivity index (χ3n) is 4.45. The van der Waals surface area contributed by atoms with Gasteiger partial charge in [-0.1, -0.05) is 13.8 Å². The lowest BCUT2D eigenvalue weighted by molar-refractivity contribution is -0.132. The highest BCUT2D eigenvalue weighted by Crippen LogP contribution is 2.26. The molecule has 1 amide bonds. The Bertz CT molecular complexity index is 616. The standard InChI is InChI=1S/C18H27N3O3/c1-12(2)9-17(22)21-8-4-5-14(21)11-20(3)16-7-6-13(18(23)24)10-15(16)19/h6-7,10,12,14H,4-5,8-9,11,19H2,1-3H3,(H,23,24). The summed E-state index contributed by atoms with van der Waals surface area (Å²) >= 11 is 0. The lowest BCUT2D eigenvalue weighted by Gasteiger charge is -2.31. The van der Waals surface area contributed by atoms with Crippen LogP contribution in [0, 0.1) is 5.92 Å². The van der Waals surface area contributed by atoms with Crippen molar-refractivity contribution in [2.75, 3.05) is 30.8 Å². The number of nitrogen functional groups attached to an aromatic ring is 1. The first-order chi connectivity index (χ1) is 11.3. The van der Waals surface area contributed by atoms with Gasteiger partial charge in [0, 0.05) is 32.6 Å². The zero-order valence-electron chi connectivity index (χ0n) is 14.7. The smallest absolute Gasteiger partial charge is 0.335 e. The van der Waals surface area contributed by atoms with E-state index in [0.717, 1.165) is 25.1 Å². The van der Waals surface area contributed by atoms with Gasteiger partial charge in [0.1, 0.15) is 0 Å². The number of nitrogens with two attached hydrogens (primary N) is 1. The van der Waals surface area contributed by atoms with Gasteiger partial charge in [-0.2, -0.15) is 0 Å². The van der Waals surface area contributed by atoms with Crippen LogP contribution in [0.25, 0.3) is 0 Å². The summed E-state index contributed by atoms with van der Waals surface area (Å²) in [6, 6.07) is 4.94. The zero-order valence-corrected chi connectivity index (χ0v) is 14.7. The molecule has 1 aliphatic rings. The molecule has 3 N–H and O–H groups in total. The Labute approximate surface area is 143 Å². The van der Waals surface area contributed by atoms with E-state index in [2.05, 4.69) is 13.8 Å². The van der Waals surface area contributed by atoms with Crippen LogP contribution in [0.5, 0.6) is 0 Å². The molecule has 1 aromatic carbocycles. The van der Waals surface area contributed by atoms with E-state index in [1.54, 1.807) is 12.1 Å². The number of likely N-dealkylation sites (N-methyl/N-ethyl adjacent to an activating group) is 1. The Balaban J connectivity index is 2.07. The number of benzene rings is 1. The van der Waals surface area contributed by atoms with Gasteiger partial charge >= 0.3 is 5.97 Å². The molecule has 0 aromatic heterocycles. The molecule has 0 spiro atoms. The minimum atomic E-state index is -0.989. The van der Waals surface area contributed by atoms with E-state index in [9.17, 15) is 9.59 Å². The molecule has 1 aliphatic heterocycles. The van der Waals surface area contributed by atoms with Gasteiger partial charge in [-0.3, -0.25) is 4.79 Å². The summed E-state index contributed by atoms with van der Waals surface area (Å²) in [7, 11) is 1.93. The minimum absolute atomic E-state index is 0.180. The lowest BCUT2D eigenvalue weighted by atomic mass is 10.1. The second-order valence-electron chi connectivity index (χ2n) is 6.94. The van der Waals surface area contributed by atoms with Gasteiger partial charge in [-0.05, 0) is 37.0 Å². The lowest BCUT2D eigenvalue weighted by Crippen LogP contribution is -2.42. The van der Waals surface area contributed by atoms with Crippen LogP contribution in [0.2, 0.25) is 0 Å². The Morgan fingerprint density at radius 3 is 2.71 bits per heavy atom. The van der Waals surface area contributed by atoms with Crippen LogP contribution < -0.4 is 10.6 Å². The monoisotopic (exact) mass is 333 g/mol. The van der Waals surface area contributed by atoms with Gasteiger partial charge < -0.3 is 20.6 Å². The summed E-state index contributed by atoms with van der Waals surface area (Å²) in [4.78, 5) is 27.4. The largest absolute Gasteiger partial charge is 0.478 e. The number of anilines is 2. The van der Waals surface area contributed by atoms with E-state index in [0.29, 0.717) is 24.6 Å². The van der Waals surface area contributed by atoms with Gasteiger partial charge in [0.25, 0.3) is 0 Å². The third kappa shape index (κ3) is 4.19. The Hall–Kier alpha value is -2.24. The fourth-order valence-corrected chi connectivity index (χ4v) is 3.27. The third-order valence-corrected chi connectivity index (χ3v) is 4.45. The molecule has 132 valence electrons. The highest BCUT2D eigenvalue weighted by Gasteiger charge is 2.30. The van der Waals surface area contributed by atoms with Crippen LogP contribution in [-0.2, 0) is 4.79 Å². The number of nitrogens with zero attached hydrogens (tertiary/aromatic N) is 2. The van der Waals surface area contributed by atoms with Crippen molar-refractivity contribution >= 4 is 23.3 Å². The van der Waals surface area contributed by atoms with E-state index >= 15 is 0 Å². The van der Waals surface area contributed by atoms with Gasteiger partial charge in [0.2, 0.25) is 5.91 Å². The Morgan fingerprint density at radius 1 is 1.42 bits per heavy atom. The molecular weight excluding hydrogens is 306 g/mol. The number of hydrogen-bond donors (Lipinski definition) is 2. The topological polar surface area (TPSA) is 86.9 Å². The van der Waals surface area contributed by atoms with Crippen molar-refractivity contribution in [3.8, 4) is 0 Å². The molecule has 24 heavy (non-hydrogen) atoms. The fourth-order valence-electron chi connectivity index (χ4n) is 3.27. The summed E-state index contributed by atoms with van der Waals surface area (Å²) in [5.74, 6) is -0.414. The molecule has 0 bridgehead atoms. The molecule has 0 aliphatic carbocycles. The number of carbonyl (C=O) groups excluding carboxylic acids is 1. The van der Waals surface area contributed by atoms with Crippen LogP contribution in [0.4, 0.5) is 11.4 Å². The molecule has 2 rings (SSSR count). The molecule has 1 atom stereocenters. The molecule has 1 saturated heterocycles. The molecule has 6 nitrogen and oxygen atoms in total. The quantitative estimate of drug-likeness (QED) is 0.781. The van der Waals surface area contributed by atoms with Crippen LogP contribution in [0.15, 0.2) is 18.2 Å². The van der Waals surface area contributed by atoms with Crippen LogP contribution in [0.1, 0.15) is 43.5 Å². The summed E-state index contributed by atoms with van der Waals surface area (Å²) < 4.78 is 0. The highest BCUT2D eigenvalue weighted by atomic mass is 16.4. The van der Waals surface area contributed by atoms with Gasteiger partial charge in [-0.25, -0.2) is 4.79 Å². The van der Waals surface area contributed by atoms with Crippen LogP contribution in [-0.4, -0.2) is 48.1 Å². The maximum atomic E-state index is 12.4. The number of rotatable bonds is 6. The first-order valence-electron chi connectivity index (χ1n) is 8.43. The minimum Gasteiger partial charge on any atom is -0.478 e. The van der Waals surface area contributed by atoms with E-state index in [4.69, 9.17) is 10.8 Å². The number of aromatic carboxylic acids is 1. The second-order valence-corrected chi connectivity index (χ2v) is 6.94. The van der Waals surface area contributed by atoms with Crippen molar-refractivity contribution in [3.63, 3.8) is 0 Å². The zero-order chi connectivity index (χ0) is 17.9. The van der Waals surface area contributed by atoms with E-state index < -0.39 is 5.97 Å². The molecule has 1 aromatic rings. The second kappa shape index (κ2) is 7.55. The van der Waals surface area contributed by atoms with Crippen LogP contribution >= 0.6 is 0 Å².